The van der Waals surface area contributed by atoms with E-state index in [2.05, 4.69) is 26.2 Å². The summed E-state index contributed by atoms with van der Waals surface area (Å²) in [6.45, 7) is 1.51. The number of carbonyl (C=O) groups is 1. The SMILES string of the molecule is O=C(NCCCn1ccnc1)c1ccccc1Br.[Cl-]. The fourth-order valence-electron chi connectivity index (χ4n) is 1.62. The highest BCUT2D eigenvalue weighted by molar-refractivity contribution is 9.10. The van der Waals surface area contributed by atoms with E-state index < -0.39 is 0 Å². The van der Waals surface area contributed by atoms with Gasteiger partial charge < -0.3 is 22.3 Å². The second-order valence-corrected chi connectivity index (χ2v) is 4.74. The molecule has 2 rings (SSSR count). The Bertz CT molecular complexity index is 516. The normalized spacial score (nSPS) is 9.74. The molecule has 1 N–H and O–H groups in total. The van der Waals surface area contributed by atoms with Crippen LogP contribution in [0, 0.1) is 0 Å². The minimum Gasteiger partial charge on any atom is -1.00 e. The fourth-order valence-corrected chi connectivity index (χ4v) is 2.09. The van der Waals surface area contributed by atoms with Gasteiger partial charge in [-0.1, -0.05) is 12.1 Å². The molecule has 19 heavy (non-hydrogen) atoms. The van der Waals surface area contributed by atoms with Gasteiger partial charge in [0.25, 0.3) is 5.91 Å². The van der Waals surface area contributed by atoms with E-state index in [4.69, 9.17) is 0 Å². The topological polar surface area (TPSA) is 46.9 Å². The van der Waals surface area contributed by atoms with Crippen LogP contribution in [0.15, 0.2) is 47.5 Å². The minimum atomic E-state index is -0.0480. The number of hydrogen-bond acceptors (Lipinski definition) is 2. The molecule has 0 saturated carbocycles. The molecule has 0 atom stereocenters. The lowest BCUT2D eigenvalue weighted by Gasteiger charge is -2.07. The zero-order valence-electron chi connectivity index (χ0n) is 10.2. The van der Waals surface area contributed by atoms with Gasteiger partial charge in [-0.3, -0.25) is 4.79 Å². The Hall–Kier alpha value is -1.33. The third-order valence-electron chi connectivity index (χ3n) is 2.56. The van der Waals surface area contributed by atoms with Gasteiger partial charge >= 0.3 is 0 Å². The first kappa shape index (κ1) is 15.7. The molecule has 0 aliphatic heterocycles. The largest absolute Gasteiger partial charge is 1.00 e. The van der Waals surface area contributed by atoms with Gasteiger partial charge in [-0.25, -0.2) is 4.98 Å². The van der Waals surface area contributed by atoms with Crippen molar-refractivity contribution in [2.45, 2.75) is 13.0 Å². The van der Waals surface area contributed by atoms with E-state index in [9.17, 15) is 4.79 Å². The minimum absolute atomic E-state index is 0. The van der Waals surface area contributed by atoms with Crippen molar-refractivity contribution < 1.29 is 17.2 Å². The molecule has 0 unspecified atom stereocenters. The van der Waals surface area contributed by atoms with Crippen LogP contribution in [-0.2, 0) is 6.54 Å². The smallest absolute Gasteiger partial charge is 0.252 e. The second-order valence-electron chi connectivity index (χ2n) is 3.89. The van der Waals surface area contributed by atoms with Crippen molar-refractivity contribution in [3.8, 4) is 0 Å². The number of benzene rings is 1. The first-order valence-corrected chi connectivity index (χ1v) is 6.55. The Morgan fingerprint density at radius 2 is 2.16 bits per heavy atom. The Labute approximate surface area is 126 Å². The molecular formula is C13H14BrClN3O-. The lowest BCUT2D eigenvalue weighted by atomic mass is 10.2. The Morgan fingerprint density at radius 3 is 2.84 bits per heavy atom. The van der Waals surface area contributed by atoms with Crippen molar-refractivity contribution in [3.63, 3.8) is 0 Å². The summed E-state index contributed by atoms with van der Waals surface area (Å²) in [6, 6.07) is 7.40. The number of rotatable bonds is 5. The lowest BCUT2D eigenvalue weighted by molar-refractivity contribution is -0.0000120. The predicted molar refractivity (Wildman–Crippen MR) is 73.3 cm³/mol. The summed E-state index contributed by atoms with van der Waals surface area (Å²) in [5.41, 5.74) is 0.667. The third kappa shape index (κ3) is 4.69. The van der Waals surface area contributed by atoms with Crippen LogP contribution in [0.4, 0.5) is 0 Å². The Kier molecular flexibility index (Phi) is 6.59. The molecule has 6 heteroatoms. The highest BCUT2D eigenvalue weighted by Crippen LogP contribution is 2.15. The summed E-state index contributed by atoms with van der Waals surface area (Å²) in [5, 5.41) is 2.90. The van der Waals surface area contributed by atoms with E-state index in [0.29, 0.717) is 12.1 Å². The molecule has 1 amide bonds. The van der Waals surface area contributed by atoms with Gasteiger partial charge in [-0.05, 0) is 34.5 Å². The highest BCUT2D eigenvalue weighted by Gasteiger charge is 2.07. The van der Waals surface area contributed by atoms with Crippen LogP contribution in [0.5, 0.6) is 0 Å². The van der Waals surface area contributed by atoms with Crippen LogP contribution in [0.25, 0.3) is 0 Å². The fraction of sp³-hybridized carbons (Fsp3) is 0.231. The molecule has 0 radical (unpaired) electrons. The van der Waals surface area contributed by atoms with Crippen molar-refractivity contribution >= 4 is 21.8 Å². The summed E-state index contributed by atoms with van der Waals surface area (Å²) >= 11 is 3.36. The summed E-state index contributed by atoms with van der Waals surface area (Å²) in [4.78, 5) is 15.8. The van der Waals surface area contributed by atoms with Gasteiger partial charge in [0.1, 0.15) is 0 Å². The average molecular weight is 344 g/mol. The number of imidazole rings is 1. The summed E-state index contributed by atoms with van der Waals surface area (Å²) < 4.78 is 2.81. The number of aromatic nitrogens is 2. The maximum atomic E-state index is 11.9. The van der Waals surface area contributed by atoms with E-state index in [1.165, 1.54) is 0 Å². The van der Waals surface area contributed by atoms with Gasteiger partial charge in [-0.15, -0.1) is 0 Å². The van der Waals surface area contributed by atoms with Gasteiger partial charge in [0.15, 0.2) is 0 Å². The molecule has 102 valence electrons. The van der Waals surface area contributed by atoms with E-state index in [0.717, 1.165) is 17.4 Å². The van der Waals surface area contributed by atoms with Crippen LogP contribution in [0.1, 0.15) is 16.8 Å². The van der Waals surface area contributed by atoms with E-state index in [1.807, 2.05) is 29.0 Å². The lowest BCUT2D eigenvalue weighted by Crippen LogP contribution is -3.00. The van der Waals surface area contributed by atoms with Crippen LogP contribution in [-0.4, -0.2) is 22.0 Å². The predicted octanol–water partition coefficient (Wildman–Crippen LogP) is -0.530. The van der Waals surface area contributed by atoms with Crippen LogP contribution >= 0.6 is 15.9 Å². The standard InChI is InChI=1S/C13H14BrN3O.ClH/c14-12-5-2-1-4-11(12)13(18)16-6-3-8-17-9-7-15-10-17;/h1-2,4-5,7,9-10H,3,6,8H2,(H,16,18);1H/p-1. The van der Waals surface area contributed by atoms with E-state index >= 15 is 0 Å². The van der Waals surface area contributed by atoms with Crippen molar-refractivity contribution in [1.29, 1.82) is 0 Å². The number of nitrogens with one attached hydrogen (secondary N) is 1. The van der Waals surface area contributed by atoms with Crippen LogP contribution in [0.2, 0.25) is 0 Å². The number of halogens is 2. The summed E-state index contributed by atoms with van der Waals surface area (Å²) in [5.74, 6) is -0.0480. The molecule has 1 aromatic heterocycles. The molecule has 0 aliphatic rings. The molecule has 0 spiro atoms. The number of aryl methyl sites for hydroxylation is 1. The molecule has 0 saturated heterocycles. The maximum absolute atomic E-state index is 11.9. The van der Waals surface area contributed by atoms with E-state index in [-0.39, 0.29) is 18.3 Å². The first-order valence-electron chi connectivity index (χ1n) is 5.76. The molecule has 2 aromatic rings. The molecule has 0 aliphatic carbocycles. The molecule has 0 fully saturated rings. The number of nitrogens with zero attached hydrogens (tertiary/aromatic N) is 2. The van der Waals surface area contributed by atoms with Crippen molar-refractivity contribution in [1.82, 2.24) is 14.9 Å². The number of hydrogen-bond donors (Lipinski definition) is 1. The van der Waals surface area contributed by atoms with Gasteiger partial charge in [0, 0.05) is 30.0 Å². The first-order chi connectivity index (χ1) is 8.77. The third-order valence-corrected chi connectivity index (χ3v) is 3.25. The quantitative estimate of drug-likeness (QED) is 0.742. The van der Waals surface area contributed by atoms with Crippen molar-refractivity contribution in [2.75, 3.05) is 6.54 Å². The molecule has 0 bridgehead atoms. The van der Waals surface area contributed by atoms with Crippen molar-refractivity contribution in [3.05, 3.63) is 53.0 Å². The summed E-state index contributed by atoms with van der Waals surface area (Å²) in [7, 11) is 0. The van der Waals surface area contributed by atoms with E-state index in [1.54, 1.807) is 18.6 Å². The Balaban J connectivity index is 0.00000180. The molecule has 1 aromatic carbocycles. The van der Waals surface area contributed by atoms with Gasteiger partial charge in [0.2, 0.25) is 0 Å². The van der Waals surface area contributed by atoms with Crippen LogP contribution in [0.3, 0.4) is 0 Å². The zero-order chi connectivity index (χ0) is 12.8. The van der Waals surface area contributed by atoms with Gasteiger partial charge in [0.05, 0.1) is 11.9 Å². The number of amides is 1. The van der Waals surface area contributed by atoms with Gasteiger partial charge in [-0.2, -0.15) is 0 Å². The highest BCUT2D eigenvalue weighted by atomic mass is 79.9. The zero-order valence-corrected chi connectivity index (χ0v) is 12.6. The monoisotopic (exact) mass is 342 g/mol. The molecule has 4 nitrogen and oxygen atoms in total. The molecule has 1 heterocycles. The molecular weight excluding hydrogens is 330 g/mol. The summed E-state index contributed by atoms with van der Waals surface area (Å²) in [6.07, 6.45) is 6.32. The number of carbonyl (C=O) groups excluding carboxylic acids is 1. The van der Waals surface area contributed by atoms with Crippen LogP contribution < -0.4 is 17.7 Å². The Morgan fingerprint density at radius 1 is 1.37 bits per heavy atom. The maximum Gasteiger partial charge on any atom is 0.252 e. The average Bonchev–Trinajstić information content (AvgIpc) is 2.88. The van der Waals surface area contributed by atoms with Crippen molar-refractivity contribution in [2.24, 2.45) is 0 Å². The second kappa shape index (κ2) is 7.96.